The molecule has 0 N–H and O–H groups in total. The zero-order chi connectivity index (χ0) is 16.2. The molecule has 0 spiro atoms. The van der Waals surface area contributed by atoms with Crippen LogP contribution in [0.3, 0.4) is 0 Å². The van der Waals surface area contributed by atoms with Gasteiger partial charge < -0.3 is 18.9 Å². The van der Waals surface area contributed by atoms with Gasteiger partial charge in [0.2, 0.25) is 0 Å². The Labute approximate surface area is 136 Å². The van der Waals surface area contributed by atoms with Gasteiger partial charge in [0.15, 0.2) is 0 Å². The lowest BCUT2D eigenvalue weighted by Gasteiger charge is -2.28. The van der Waals surface area contributed by atoms with Crippen LogP contribution in [0, 0.1) is 0 Å². The summed E-state index contributed by atoms with van der Waals surface area (Å²) in [5.41, 5.74) is 2.26. The minimum Gasteiger partial charge on any atom is -0.497 e. The largest absolute Gasteiger partial charge is 0.497 e. The van der Waals surface area contributed by atoms with Gasteiger partial charge in [-0.1, -0.05) is 6.07 Å². The van der Waals surface area contributed by atoms with Crippen molar-refractivity contribution in [1.82, 2.24) is 0 Å². The number of methoxy groups -OCH3 is 2. The van der Waals surface area contributed by atoms with E-state index >= 15 is 0 Å². The van der Waals surface area contributed by atoms with E-state index in [0.717, 1.165) is 41.4 Å². The van der Waals surface area contributed by atoms with Gasteiger partial charge in [0.25, 0.3) is 0 Å². The molecule has 3 rings (SSSR count). The Kier molecular flexibility index (Phi) is 4.60. The van der Waals surface area contributed by atoms with Crippen molar-refractivity contribution in [3.63, 3.8) is 0 Å². The second-order valence-electron chi connectivity index (χ2n) is 5.46. The van der Waals surface area contributed by atoms with Gasteiger partial charge in [0.1, 0.15) is 29.1 Å². The van der Waals surface area contributed by atoms with Crippen LogP contribution in [0.25, 0.3) is 0 Å². The third-order valence-corrected chi connectivity index (χ3v) is 4.08. The molecule has 1 heterocycles. The smallest absolute Gasteiger partial charge is 0.129 e. The molecule has 0 amide bonds. The molecule has 0 fully saturated rings. The fourth-order valence-corrected chi connectivity index (χ4v) is 2.91. The SMILES string of the molecule is CCOc1ccc2c(c1)OC(c1ccc(OC)cc1OC)CC2. The highest BCUT2D eigenvalue weighted by molar-refractivity contribution is 5.46. The summed E-state index contributed by atoms with van der Waals surface area (Å²) in [4.78, 5) is 0. The molecule has 23 heavy (non-hydrogen) atoms. The number of hydrogen-bond donors (Lipinski definition) is 0. The summed E-state index contributed by atoms with van der Waals surface area (Å²) in [6.07, 6.45) is 1.87. The Hall–Kier alpha value is -2.36. The molecule has 2 aromatic rings. The molecule has 1 aliphatic heterocycles. The van der Waals surface area contributed by atoms with Crippen LogP contribution in [-0.4, -0.2) is 20.8 Å². The molecule has 1 atom stereocenters. The van der Waals surface area contributed by atoms with Gasteiger partial charge in [-0.2, -0.15) is 0 Å². The van der Waals surface area contributed by atoms with Gasteiger partial charge in [-0.3, -0.25) is 0 Å². The highest BCUT2D eigenvalue weighted by atomic mass is 16.5. The van der Waals surface area contributed by atoms with E-state index in [1.54, 1.807) is 14.2 Å². The molecule has 1 aliphatic rings. The van der Waals surface area contributed by atoms with Crippen LogP contribution in [0.1, 0.15) is 30.6 Å². The van der Waals surface area contributed by atoms with E-state index in [1.165, 1.54) is 5.56 Å². The van der Waals surface area contributed by atoms with Gasteiger partial charge in [-0.15, -0.1) is 0 Å². The Morgan fingerprint density at radius 3 is 2.61 bits per heavy atom. The van der Waals surface area contributed by atoms with Crippen molar-refractivity contribution in [2.45, 2.75) is 25.9 Å². The third-order valence-electron chi connectivity index (χ3n) is 4.08. The lowest BCUT2D eigenvalue weighted by molar-refractivity contribution is 0.171. The van der Waals surface area contributed by atoms with Crippen molar-refractivity contribution in [2.24, 2.45) is 0 Å². The number of rotatable bonds is 5. The van der Waals surface area contributed by atoms with Gasteiger partial charge in [0.05, 0.1) is 20.8 Å². The van der Waals surface area contributed by atoms with E-state index in [2.05, 4.69) is 6.07 Å². The zero-order valence-electron chi connectivity index (χ0n) is 13.8. The molecule has 0 aliphatic carbocycles. The summed E-state index contributed by atoms with van der Waals surface area (Å²) in [7, 11) is 3.32. The molecule has 0 saturated heterocycles. The maximum absolute atomic E-state index is 6.22. The van der Waals surface area contributed by atoms with Crippen molar-refractivity contribution in [3.8, 4) is 23.0 Å². The van der Waals surface area contributed by atoms with Crippen LogP contribution in [0.2, 0.25) is 0 Å². The average molecular weight is 314 g/mol. The standard InChI is InChI=1S/C19H22O4/c1-4-22-15-7-5-13-6-10-17(23-18(13)12-15)16-9-8-14(20-2)11-19(16)21-3/h5,7-9,11-12,17H,4,6,10H2,1-3H3. The Bertz CT molecular complexity index is 681. The van der Waals surface area contributed by atoms with Gasteiger partial charge >= 0.3 is 0 Å². The molecule has 1 unspecified atom stereocenters. The van der Waals surface area contributed by atoms with E-state index in [4.69, 9.17) is 18.9 Å². The number of benzene rings is 2. The van der Waals surface area contributed by atoms with Crippen LogP contribution in [-0.2, 0) is 6.42 Å². The number of hydrogen-bond acceptors (Lipinski definition) is 4. The first-order valence-corrected chi connectivity index (χ1v) is 7.89. The second-order valence-corrected chi connectivity index (χ2v) is 5.46. The maximum atomic E-state index is 6.22. The summed E-state index contributed by atoms with van der Waals surface area (Å²) in [5.74, 6) is 3.30. The molecule has 4 nitrogen and oxygen atoms in total. The van der Waals surface area contributed by atoms with Crippen molar-refractivity contribution in [2.75, 3.05) is 20.8 Å². The van der Waals surface area contributed by atoms with Crippen LogP contribution >= 0.6 is 0 Å². The minimum atomic E-state index is -0.0276. The summed E-state index contributed by atoms with van der Waals surface area (Å²) in [6, 6.07) is 11.9. The number of aryl methyl sites for hydroxylation is 1. The fourth-order valence-electron chi connectivity index (χ4n) is 2.91. The third kappa shape index (κ3) is 3.21. The first-order chi connectivity index (χ1) is 11.2. The van der Waals surface area contributed by atoms with Gasteiger partial charge in [-0.05, 0) is 43.5 Å². The topological polar surface area (TPSA) is 36.9 Å². The predicted octanol–water partition coefficient (Wildman–Crippen LogP) is 4.17. The van der Waals surface area contributed by atoms with E-state index in [1.807, 2.05) is 37.3 Å². The van der Waals surface area contributed by atoms with Crippen LogP contribution in [0.4, 0.5) is 0 Å². The van der Waals surface area contributed by atoms with E-state index < -0.39 is 0 Å². The number of ether oxygens (including phenoxy) is 4. The lowest BCUT2D eigenvalue weighted by atomic mass is 9.96. The average Bonchev–Trinajstić information content (AvgIpc) is 2.60. The van der Waals surface area contributed by atoms with Crippen molar-refractivity contribution >= 4 is 0 Å². The van der Waals surface area contributed by atoms with E-state index in [9.17, 15) is 0 Å². The molecule has 0 radical (unpaired) electrons. The summed E-state index contributed by atoms with van der Waals surface area (Å²) < 4.78 is 22.6. The quantitative estimate of drug-likeness (QED) is 0.830. The van der Waals surface area contributed by atoms with Gasteiger partial charge in [-0.25, -0.2) is 0 Å². The second kappa shape index (κ2) is 6.82. The summed E-state index contributed by atoms with van der Waals surface area (Å²) in [5, 5.41) is 0. The molecule has 0 bridgehead atoms. The minimum absolute atomic E-state index is 0.0276. The Balaban J connectivity index is 1.87. The van der Waals surface area contributed by atoms with Gasteiger partial charge in [0, 0.05) is 17.7 Å². The predicted molar refractivity (Wildman–Crippen MR) is 88.8 cm³/mol. The molecular weight excluding hydrogens is 292 g/mol. The van der Waals surface area contributed by atoms with Crippen molar-refractivity contribution in [3.05, 3.63) is 47.5 Å². The molecule has 122 valence electrons. The maximum Gasteiger partial charge on any atom is 0.129 e. The molecule has 0 saturated carbocycles. The monoisotopic (exact) mass is 314 g/mol. The lowest BCUT2D eigenvalue weighted by Crippen LogP contribution is -2.16. The number of fused-ring (bicyclic) bond motifs is 1. The van der Waals surface area contributed by atoms with Crippen LogP contribution in [0.15, 0.2) is 36.4 Å². The first-order valence-electron chi connectivity index (χ1n) is 7.89. The molecular formula is C19H22O4. The first kappa shape index (κ1) is 15.5. The molecule has 2 aromatic carbocycles. The van der Waals surface area contributed by atoms with Crippen LogP contribution < -0.4 is 18.9 Å². The van der Waals surface area contributed by atoms with Crippen LogP contribution in [0.5, 0.6) is 23.0 Å². The summed E-state index contributed by atoms with van der Waals surface area (Å²) >= 11 is 0. The fraction of sp³-hybridized carbons (Fsp3) is 0.368. The molecule has 0 aromatic heterocycles. The van der Waals surface area contributed by atoms with Crippen molar-refractivity contribution in [1.29, 1.82) is 0 Å². The Morgan fingerprint density at radius 2 is 1.87 bits per heavy atom. The normalized spacial score (nSPS) is 16.2. The highest BCUT2D eigenvalue weighted by Gasteiger charge is 2.24. The van der Waals surface area contributed by atoms with E-state index in [0.29, 0.717) is 6.61 Å². The zero-order valence-corrected chi connectivity index (χ0v) is 13.8. The highest BCUT2D eigenvalue weighted by Crippen LogP contribution is 2.40. The Morgan fingerprint density at radius 1 is 1.04 bits per heavy atom. The molecule has 4 heteroatoms. The summed E-state index contributed by atoms with van der Waals surface area (Å²) in [6.45, 7) is 2.62. The van der Waals surface area contributed by atoms with Crippen molar-refractivity contribution < 1.29 is 18.9 Å². The van der Waals surface area contributed by atoms with E-state index in [-0.39, 0.29) is 6.10 Å².